The van der Waals surface area contributed by atoms with Gasteiger partial charge in [-0.3, -0.25) is 0 Å². The molecule has 0 amide bonds. The van der Waals surface area contributed by atoms with Gasteiger partial charge in [-0.1, -0.05) is 6.42 Å². The Morgan fingerprint density at radius 3 is 1.87 bits per heavy atom. The summed E-state index contributed by atoms with van der Waals surface area (Å²) in [5, 5.41) is 9.56. The van der Waals surface area contributed by atoms with Crippen LogP contribution >= 0.6 is 0 Å². The van der Waals surface area contributed by atoms with Crippen LogP contribution in [-0.2, 0) is 4.74 Å². The zero-order chi connectivity index (χ0) is 10.3. The molecule has 0 aromatic carbocycles. The molecule has 86 valence electrons. The van der Waals surface area contributed by atoms with Gasteiger partial charge in [0.15, 0.2) is 0 Å². The fraction of sp³-hybridized carbons (Fsp3) is 1.00. The van der Waals surface area contributed by atoms with E-state index in [0.29, 0.717) is 5.41 Å². The first-order valence-electron chi connectivity index (χ1n) is 6.57. The third-order valence-electron chi connectivity index (χ3n) is 5.17. The van der Waals surface area contributed by atoms with Gasteiger partial charge in [0.2, 0.25) is 0 Å². The minimum Gasteiger partial charge on any atom is -0.393 e. The highest BCUT2D eigenvalue weighted by Crippen LogP contribution is 2.54. The van der Waals surface area contributed by atoms with Gasteiger partial charge in [0, 0.05) is 5.41 Å². The zero-order valence-corrected chi connectivity index (χ0v) is 9.45. The monoisotopic (exact) mass is 210 g/mol. The van der Waals surface area contributed by atoms with Gasteiger partial charge in [0.1, 0.15) is 0 Å². The summed E-state index contributed by atoms with van der Waals surface area (Å²) < 4.78 is 5.51. The molecule has 2 nitrogen and oxygen atoms in total. The lowest BCUT2D eigenvalue weighted by Crippen LogP contribution is -2.56. The van der Waals surface area contributed by atoms with Crippen LogP contribution in [0.15, 0.2) is 0 Å². The molecule has 3 fully saturated rings. The number of aliphatic hydroxyl groups excluding tert-OH is 1. The SMILES string of the molecule is OC1CCC(C2(C3CCC3)COC2)CC1. The molecule has 1 N–H and O–H groups in total. The van der Waals surface area contributed by atoms with Crippen molar-refractivity contribution in [2.75, 3.05) is 13.2 Å². The van der Waals surface area contributed by atoms with Crippen LogP contribution in [-0.4, -0.2) is 24.4 Å². The van der Waals surface area contributed by atoms with Gasteiger partial charge in [-0.05, 0) is 50.4 Å². The van der Waals surface area contributed by atoms with E-state index in [1.165, 1.54) is 32.1 Å². The number of hydrogen-bond donors (Lipinski definition) is 1. The average molecular weight is 210 g/mol. The van der Waals surface area contributed by atoms with Crippen molar-refractivity contribution in [3.05, 3.63) is 0 Å². The number of ether oxygens (including phenoxy) is 1. The number of aliphatic hydroxyl groups is 1. The Labute approximate surface area is 92.0 Å². The van der Waals surface area contributed by atoms with Crippen molar-refractivity contribution in [1.82, 2.24) is 0 Å². The third kappa shape index (κ3) is 1.53. The molecule has 0 bridgehead atoms. The van der Waals surface area contributed by atoms with Gasteiger partial charge in [-0.15, -0.1) is 0 Å². The summed E-state index contributed by atoms with van der Waals surface area (Å²) in [5.74, 6) is 1.80. The molecular weight excluding hydrogens is 188 g/mol. The van der Waals surface area contributed by atoms with E-state index >= 15 is 0 Å². The topological polar surface area (TPSA) is 29.5 Å². The van der Waals surface area contributed by atoms with E-state index in [4.69, 9.17) is 4.74 Å². The molecule has 0 aromatic rings. The number of hydrogen-bond acceptors (Lipinski definition) is 2. The minimum absolute atomic E-state index is 0.0133. The van der Waals surface area contributed by atoms with Gasteiger partial charge < -0.3 is 9.84 Å². The molecule has 0 aromatic heterocycles. The average Bonchev–Trinajstić information content (AvgIpc) is 2.10. The molecule has 3 rings (SSSR count). The van der Waals surface area contributed by atoms with Gasteiger partial charge in [-0.25, -0.2) is 0 Å². The highest BCUT2D eigenvalue weighted by atomic mass is 16.5. The molecule has 1 heterocycles. The smallest absolute Gasteiger partial charge is 0.0550 e. The molecule has 0 atom stereocenters. The Kier molecular flexibility index (Phi) is 2.52. The second-order valence-corrected chi connectivity index (χ2v) is 5.86. The summed E-state index contributed by atoms with van der Waals surface area (Å²) in [4.78, 5) is 0. The Hall–Kier alpha value is -0.0800. The second-order valence-electron chi connectivity index (χ2n) is 5.86. The van der Waals surface area contributed by atoms with Crippen molar-refractivity contribution in [3.63, 3.8) is 0 Å². The van der Waals surface area contributed by atoms with Crippen LogP contribution in [0.2, 0.25) is 0 Å². The number of rotatable bonds is 2. The van der Waals surface area contributed by atoms with Gasteiger partial charge >= 0.3 is 0 Å². The third-order valence-corrected chi connectivity index (χ3v) is 5.17. The summed E-state index contributed by atoms with van der Waals surface area (Å²) in [6, 6.07) is 0. The predicted molar refractivity (Wildman–Crippen MR) is 58.6 cm³/mol. The lowest BCUT2D eigenvalue weighted by molar-refractivity contribution is -0.201. The van der Waals surface area contributed by atoms with Gasteiger partial charge in [0.05, 0.1) is 19.3 Å². The van der Waals surface area contributed by atoms with Crippen LogP contribution in [0.5, 0.6) is 0 Å². The van der Waals surface area contributed by atoms with Crippen LogP contribution in [0.4, 0.5) is 0 Å². The van der Waals surface area contributed by atoms with E-state index < -0.39 is 0 Å². The van der Waals surface area contributed by atoms with Crippen molar-refractivity contribution in [2.45, 2.75) is 51.0 Å². The van der Waals surface area contributed by atoms with Crippen molar-refractivity contribution >= 4 is 0 Å². The molecule has 2 saturated carbocycles. The summed E-state index contributed by atoms with van der Waals surface area (Å²) in [5.41, 5.74) is 0.540. The molecule has 1 aliphatic heterocycles. The van der Waals surface area contributed by atoms with Crippen LogP contribution in [0.25, 0.3) is 0 Å². The predicted octanol–water partition coefficient (Wildman–Crippen LogP) is 2.35. The highest BCUT2D eigenvalue weighted by Gasteiger charge is 2.52. The van der Waals surface area contributed by atoms with Crippen molar-refractivity contribution < 1.29 is 9.84 Å². The first-order chi connectivity index (χ1) is 7.31. The molecule has 2 aliphatic carbocycles. The Bertz CT molecular complexity index is 223. The normalized spacial score (nSPS) is 40.6. The van der Waals surface area contributed by atoms with Crippen LogP contribution < -0.4 is 0 Å². The molecule has 0 radical (unpaired) electrons. The van der Waals surface area contributed by atoms with E-state index in [1.807, 2.05) is 0 Å². The molecule has 2 heteroatoms. The second kappa shape index (κ2) is 3.74. The summed E-state index contributed by atoms with van der Waals surface area (Å²) in [7, 11) is 0. The van der Waals surface area contributed by atoms with Crippen LogP contribution in [0.3, 0.4) is 0 Å². The molecular formula is C13H22O2. The maximum atomic E-state index is 9.56. The van der Waals surface area contributed by atoms with Crippen LogP contribution in [0, 0.1) is 17.3 Å². The lowest BCUT2D eigenvalue weighted by atomic mass is 9.55. The zero-order valence-electron chi connectivity index (χ0n) is 9.45. The minimum atomic E-state index is -0.0133. The summed E-state index contributed by atoms with van der Waals surface area (Å²) in [6.07, 6.45) is 8.81. The Balaban J connectivity index is 1.67. The van der Waals surface area contributed by atoms with Crippen LogP contribution in [0.1, 0.15) is 44.9 Å². The van der Waals surface area contributed by atoms with E-state index in [2.05, 4.69) is 0 Å². The fourth-order valence-corrected chi connectivity index (χ4v) is 3.78. The van der Waals surface area contributed by atoms with Crippen molar-refractivity contribution in [3.8, 4) is 0 Å². The highest BCUT2D eigenvalue weighted by molar-refractivity contribution is 5.00. The molecule has 1 saturated heterocycles. The molecule has 3 aliphatic rings. The summed E-state index contributed by atoms with van der Waals surface area (Å²) in [6.45, 7) is 2.02. The first-order valence-corrected chi connectivity index (χ1v) is 6.57. The van der Waals surface area contributed by atoms with E-state index in [9.17, 15) is 5.11 Å². The Morgan fingerprint density at radius 2 is 1.47 bits per heavy atom. The quantitative estimate of drug-likeness (QED) is 0.758. The van der Waals surface area contributed by atoms with E-state index in [-0.39, 0.29) is 6.10 Å². The molecule has 0 spiro atoms. The lowest BCUT2D eigenvalue weighted by Gasteiger charge is -2.56. The van der Waals surface area contributed by atoms with Crippen molar-refractivity contribution in [2.24, 2.45) is 17.3 Å². The van der Waals surface area contributed by atoms with E-state index in [0.717, 1.165) is 37.9 Å². The van der Waals surface area contributed by atoms with Gasteiger partial charge in [0.25, 0.3) is 0 Å². The molecule has 15 heavy (non-hydrogen) atoms. The maximum Gasteiger partial charge on any atom is 0.0550 e. The standard InChI is InChI=1S/C13H22O2/c14-12-6-4-11(5-7-12)13(8-15-9-13)10-2-1-3-10/h10-12,14H,1-9H2. The van der Waals surface area contributed by atoms with Gasteiger partial charge in [-0.2, -0.15) is 0 Å². The fourth-order valence-electron chi connectivity index (χ4n) is 3.78. The summed E-state index contributed by atoms with van der Waals surface area (Å²) >= 11 is 0. The van der Waals surface area contributed by atoms with Crippen molar-refractivity contribution in [1.29, 1.82) is 0 Å². The van der Waals surface area contributed by atoms with E-state index in [1.54, 1.807) is 0 Å². The largest absolute Gasteiger partial charge is 0.393 e. The maximum absolute atomic E-state index is 9.56. The first kappa shape index (κ1) is 10.1. The Morgan fingerprint density at radius 1 is 0.867 bits per heavy atom. The molecule has 0 unspecified atom stereocenters.